The number of ether oxygens (including phenoxy) is 2. The van der Waals surface area contributed by atoms with Gasteiger partial charge in [-0.05, 0) is 56.7 Å². The fourth-order valence-electron chi connectivity index (χ4n) is 6.03. The average Bonchev–Trinajstić information content (AvgIpc) is 3.59. The Hall–Kier alpha value is -3.74. The van der Waals surface area contributed by atoms with Crippen molar-refractivity contribution in [3.8, 4) is 0 Å². The summed E-state index contributed by atoms with van der Waals surface area (Å²) in [4.78, 5) is 41.0. The van der Waals surface area contributed by atoms with Crippen molar-refractivity contribution in [2.75, 3.05) is 37.8 Å². The average molecular weight is 595 g/mol. The maximum atomic E-state index is 13.6. The van der Waals surface area contributed by atoms with Crippen molar-refractivity contribution >= 4 is 51.8 Å². The van der Waals surface area contributed by atoms with Crippen LogP contribution in [-0.2, 0) is 16.0 Å². The Morgan fingerprint density at radius 1 is 1.12 bits per heavy atom. The van der Waals surface area contributed by atoms with Gasteiger partial charge in [-0.1, -0.05) is 17.7 Å². The van der Waals surface area contributed by atoms with Crippen molar-refractivity contribution in [1.29, 1.82) is 0 Å². The number of amides is 2. The van der Waals surface area contributed by atoms with Crippen LogP contribution in [0.25, 0.3) is 10.9 Å². The lowest BCUT2D eigenvalue weighted by Gasteiger charge is -2.37. The first kappa shape index (κ1) is 28.4. The van der Waals surface area contributed by atoms with E-state index in [4.69, 9.17) is 37.5 Å². The van der Waals surface area contributed by atoms with Crippen molar-refractivity contribution in [1.82, 2.24) is 24.8 Å². The molecule has 222 valence electrons. The smallest absolute Gasteiger partial charge is 0.279 e. The number of benzene rings is 1. The number of nitrogens with zero attached hydrogens (tertiary/aromatic N) is 5. The van der Waals surface area contributed by atoms with Crippen LogP contribution < -0.4 is 16.8 Å². The molecule has 3 aliphatic rings. The summed E-state index contributed by atoms with van der Waals surface area (Å²) < 4.78 is 13.7. The Bertz CT molecular complexity index is 1530. The van der Waals surface area contributed by atoms with E-state index in [1.165, 1.54) is 0 Å². The number of hydrogen-bond donors (Lipinski definition) is 3. The minimum atomic E-state index is -0.528. The van der Waals surface area contributed by atoms with E-state index in [-0.39, 0.29) is 40.2 Å². The van der Waals surface area contributed by atoms with Gasteiger partial charge in [-0.2, -0.15) is 0 Å². The SMILES string of the molecule is Nc1nc(N)c(C(=O)NC2=NC3(CC2)CCN(C(=O)c2cccc4c2ccn4CCOC2CCCCO2)CC3)nc1Cl. The van der Waals surface area contributed by atoms with E-state index in [9.17, 15) is 9.59 Å². The van der Waals surface area contributed by atoms with Crippen LogP contribution in [0.1, 0.15) is 65.8 Å². The summed E-state index contributed by atoms with van der Waals surface area (Å²) in [6, 6.07) is 7.87. The number of piperidine rings is 1. The number of likely N-dealkylation sites (tertiary alicyclic amines) is 1. The maximum absolute atomic E-state index is 13.6. The summed E-state index contributed by atoms with van der Waals surface area (Å²) in [5, 5.41) is 3.65. The number of rotatable bonds is 6. The van der Waals surface area contributed by atoms with Gasteiger partial charge in [0.15, 0.2) is 28.8 Å². The molecule has 2 fully saturated rings. The van der Waals surface area contributed by atoms with Crippen LogP contribution in [0.4, 0.5) is 11.6 Å². The first-order valence-electron chi connectivity index (χ1n) is 14.4. The van der Waals surface area contributed by atoms with E-state index >= 15 is 0 Å². The van der Waals surface area contributed by atoms with E-state index in [1.54, 1.807) is 0 Å². The zero-order valence-corrected chi connectivity index (χ0v) is 24.1. The summed E-state index contributed by atoms with van der Waals surface area (Å²) >= 11 is 5.92. The minimum absolute atomic E-state index is 0.0184. The molecule has 3 aromatic rings. The van der Waals surface area contributed by atoms with Crippen LogP contribution in [0.2, 0.25) is 5.15 Å². The number of nitrogens with one attached hydrogen (secondary N) is 1. The largest absolute Gasteiger partial charge is 0.382 e. The molecular weight excluding hydrogens is 560 g/mol. The first-order valence-corrected chi connectivity index (χ1v) is 14.8. The first-order chi connectivity index (χ1) is 20.3. The molecule has 6 rings (SSSR count). The normalized spacial score (nSPS) is 20.2. The molecule has 1 spiro atoms. The number of anilines is 2. The number of hydrogen-bond acceptors (Lipinski definition) is 9. The molecule has 12 nitrogen and oxygen atoms in total. The Balaban J connectivity index is 1.07. The van der Waals surface area contributed by atoms with Gasteiger partial charge in [0.1, 0.15) is 5.84 Å². The molecule has 2 amide bonds. The van der Waals surface area contributed by atoms with Gasteiger partial charge >= 0.3 is 0 Å². The second-order valence-electron chi connectivity index (χ2n) is 11.1. The molecule has 42 heavy (non-hydrogen) atoms. The van der Waals surface area contributed by atoms with Crippen molar-refractivity contribution in [3.63, 3.8) is 0 Å². The predicted molar refractivity (Wildman–Crippen MR) is 159 cm³/mol. The quantitative estimate of drug-likeness (QED) is 0.391. The van der Waals surface area contributed by atoms with Crippen molar-refractivity contribution < 1.29 is 19.1 Å². The molecule has 0 radical (unpaired) electrons. The van der Waals surface area contributed by atoms with Crippen LogP contribution in [0.15, 0.2) is 35.5 Å². The van der Waals surface area contributed by atoms with E-state index < -0.39 is 5.91 Å². The van der Waals surface area contributed by atoms with Crippen molar-refractivity contribution in [2.24, 2.45) is 4.99 Å². The number of amidine groups is 1. The summed E-state index contributed by atoms with van der Waals surface area (Å²) in [6.07, 6.45) is 7.89. The molecular formula is C29H35ClN8O4. The molecule has 1 atom stereocenters. The highest BCUT2D eigenvalue weighted by Crippen LogP contribution is 2.36. The van der Waals surface area contributed by atoms with Gasteiger partial charge < -0.3 is 35.7 Å². The Labute approximate surface area is 248 Å². The zero-order chi connectivity index (χ0) is 29.3. The van der Waals surface area contributed by atoms with Crippen LogP contribution in [0.5, 0.6) is 0 Å². The van der Waals surface area contributed by atoms with Gasteiger partial charge in [-0.25, -0.2) is 9.97 Å². The summed E-state index contributed by atoms with van der Waals surface area (Å²) in [5.74, 6) is -0.0709. The third-order valence-electron chi connectivity index (χ3n) is 8.38. The van der Waals surface area contributed by atoms with Crippen LogP contribution in [0.3, 0.4) is 0 Å². The summed E-state index contributed by atoms with van der Waals surface area (Å²) in [7, 11) is 0. The van der Waals surface area contributed by atoms with Crippen molar-refractivity contribution in [3.05, 3.63) is 46.9 Å². The predicted octanol–water partition coefficient (Wildman–Crippen LogP) is 3.39. The topological polar surface area (TPSA) is 163 Å². The lowest BCUT2D eigenvalue weighted by Crippen LogP contribution is -2.45. The molecule has 3 aliphatic heterocycles. The van der Waals surface area contributed by atoms with Crippen LogP contribution in [-0.4, -0.2) is 75.2 Å². The van der Waals surface area contributed by atoms with Gasteiger partial charge in [-0.15, -0.1) is 0 Å². The highest BCUT2D eigenvalue weighted by Gasteiger charge is 2.40. The zero-order valence-electron chi connectivity index (χ0n) is 23.4. The molecule has 1 unspecified atom stereocenters. The third-order valence-corrected chi connectivity index (χ3v) is 8.65. The van der Waals surface area contributed by atoms with Crippen LogP contribution in [0, 0.1) is 0 Å². The summed E-state index contributed by atoms with van der Waals surface area (Å²) in [6.45, 7) is 3.17. The maximum Gasteiger partial charge on any atom is 0.279 e. The number of halogens is 1. The summed E-state index contributed by atoms with van der Waals surface area (Å²) in [5.41, 5.74) is 12.7. The molecule has 2 aromatic heterocycles. The van der Waals surface area contributed by atoms with E-state index in [2.05, 4.69) is 19.9 Å². The van der Waals surface area contributed by atoms with Crippen molar-refractivity contribution in [2.45, 2.75) is 63.3 Å². The molecule has 0 bridgehead atoms. The Kier molecular flexibility index (Phi) is 8.02. The highest BCUT2D eigenvalue weighted by atomic mass is 35.5. The Morgan fingerprint density at radius 2 is 1.95 bits per heavy atom. The number of carbonyl (C=O) groups excluding carboxylic acids is 2. The number of nitrogens with two attached hydrogens (primary N) is 2. The number of aliphatic imine (C=N–C) groups is 1. The van der Waals surface area contributed by atoms with Gasteiger partial charge in [-0.3, -0.25) is 14.6 Å². The van der Waals surface area contributed by atoms with E-state index in [0.717, 1.165) is 43.2 Å². The second-order valence-corrected chi connectivity index (χ2v) is 11.4. The fourth-order valence-corrected chi connectivity index (χ4v) is 6.15. The van der Waals surface area contributed by atoms with Gasteiger partial charge in [0, 0.05) is 55.3 Å². The standard InChI is InChI=1S/C29H35ClN8O4/c30-24-26(32)35-25(31)23(34-24)27(39)33-21-7-9-29(36-21)10-13-38(14-11-29)28(40)19-4-3-5-20-18(19)8-12-37(20)15-17-42-22-6-1-2-16-41-22/h3-5,8,12,22H,1-2,6-7,9-11,13-17H2,(H4,31,32,35)(H,33,36,39). The third kappa shape index (κ3) is 5.79. The number of aromatic nitrogens is 3. The van der Waals surface area contributed by atoms with Gasteiger partial charge in [0.05, 0.1) is 12.1 Å². The molecule has 13 heteroatoms. The number of nitrogen functional groups attached to an aromatic ring is 2. The van der Waals surface area contributed by atoms with E-state index in [0.29, 0.717) is 56.9 Å². The second kappa shape index (κ2) is 11.9. The van der Waals surface area contributed by atoms with Crippen LogP contribution >= 0.6 is 11.6 Å². The fraction of sp³-hybridized carbons (Fsp3) is 0.483. The highest BCUT2D eigenvalue weighted by molar-refractivity contribution is 6.31. The van der Waals surface area contributed by atoms with Gasteiger partial charge in [0.25, 0.3) is 11.8 Å². The molecule has 2 saturated heterocycles. The molecule has 0 aliphatic carbocycles. The molecule has 5 N–H and O–H groups in total. The number of carbonyl (C=O) groups is 2. The lowest BCUT2D eigenvalue weighted by molar-refractivity contribution is -0.163. The minimum Gasteiger partial charge on any atom is -0.382 e. The van der Waals surface area contributed by atoms with E-state index in [1.807, 2.05) is 35.4 Å². The van der Waals surface area contributed by atoms with Gasteiger partial charge in [0.2, 0.25) is 0 Å². The monoisotopic (exact) mass is 594 g/mol. The Morgan fingerprint density at radius 3 is 2.74 bits per heavy atom. The molecule has 0 saturated carbocycles. The lowest BCUT2D eigenvalue weighted by atomic mass is 9.85. The number of fused-ring (bicyclic) bond motifs is 1. The molecule has 5 heterocycles. The molecule has 1 aromatic carbocycles.